The van der Waals surface area contributed by atoms with E-state index in [-0.39, 0.29) is 11.7 Å². The number of aryl methyl sites for hydroxylation is 1. The van der Waals surface area contributed by atoms with Crippen molar-refractivity contribution >= 4 is 34.7 Å². The van der Waals surface area contributed by atoms with Crippen LogP contribution in [0, 0.1) is 6.92 Å². The molecule has 1 aromatic carbocycles. The number of amides is 1. The Hall–Kier alpha value is -2.12. The van der Waals surface area contributed by atoms with Crippen LogP contribution in [0.3, 0.4) is 0 Å². The van der Waals surface area contributed by atoms with Gasteiger partial charge in [-0.05, 0) is 30.0 Å². The summed E-state index contributed by atoms with van der Waals surface area (Å²) >= 11 is 2.91. The Labute approximate surface area is 136 Å². The minimum atomic E-state index is -0.0678. The number of thioether (sulfide) groups is 1. The number of anilines is 1. The highest BCUT2D eigenvalue weighted by molar-refractivity contribution is 7.99. The summed E-state index contributed by atoms with van der Waals surface area (Å²) in [5, 5.41) is 12.5. The molecule has 22 heavy (non-hydrogen) atoms. The van der Waals surface area contributed by atoms with Gasteiger partial charge in [0.2, 0.25) is 11.1 Å². The molecule has 0 saturated heterocycles. The number of nitrogens with zero attached hydrogens (tertiary/aromatic N) is 2. The molecule has 0 aliphatic carbocycles. The number of H-pyrrole nitrogens is 1. The third kappa shape index (κ3) is 3.55. The lowest BCUT2D eigenvalue weighted by molar-refractivity contribution is -0.113. The number of hydrogen-bond acceptors (Lipinski definition) is 5. The Kier molecular flexibility index (Phi) is 4.55. The van der Waals surface area contributed by atoms with Gasteiger partial charge in [0.1, 0.15) is 0 Å². The number of hydrogen-bond donors (Lipinski definition) is 2. The topological polar surface area (TPSA) is 70.7 Å². The summed E-state index contributed by atoms with van der Waals surface area (Å²) in [6, 6.07) is 11.6. The second-order valence-corrected chi connectivity index (χ2v) is 6.49. The maximum Gasteiger partial charge on any atom is 0.234 e. The van der Waals surface area contributed by atoms with Crippen molar-refractivity contribution in [3.63, 3.8) is 0 Å². The quantitative estimate of drug-likeness (QED) is 0.702. The molecule has 2 heterocycles. The minimum Gasteiger partial charge on any atom is -0.325 e. The van der Waals surface area contributed by atoms with Gasteiger partial charge in [0.05, 0.1) is 10.6 Å². The van der Waals surface area contributed by atoms with Gasteiger partial charge in [0.25, 0.3) is 0 Å². The molecule has 0 unspecified atom stereocenters. The first-order valence-electron chi connectivity index (χ1n) is 6.67. The van der Waals surface area contributed by atoms with Crippen molar-refractivity contribution in [3.8, 4) is 10.7 Å². The summed E-state index contributed by atoms with van der Waals surface area (Å²) in [5.41, 5.74) is 1.88. The van der Waals surface area contributed by atoms with Crippen molar-refractivity contribution in [2.24, 2.45) is 0 Å². The van der Waals surface area contributed by atoms with Gasteiger partial charge in [-0.25, -0.2) is 4.98 Å². The van der Waals surface area contributed by atoms with Gasteiger partial charge in [-0.2, -0.15) is 0 Å². The van der Waals surface area contributed by atoms with Gasteiger partial charge in [-0.15, -0.1) is 16.4 Å². The van der Waals surface area contributed by atoms with E-state index in [1.54, 1.807) is 11.3 Å². The lowest BCUT2D eigenvalue weighted by Crippen LogP contribution is -2.14. The SMILES string of the molecule is Cc1ccccc1NC(=O)CSc1n[nH]c(-c2cccs2)n1. The van der Waals surface area contributed by atoms with E-state index in [2.05, 4.69) is 20.5 Å². The Morgan fingerprint density at radius 3 is 2.95 bits per heavy atom. The first-order valence-corrected chi connectivity index (χ1v) is 8.53. The molecule has 3 rings (SSSR count). The Balaban J connectivity index is 1.56. The molecule has 3 aromatic rings. The predicted octanol–water partition coefficient (Wildman–Crippen LogP) is 3.57. The van der Waals surface area contributed by atoms with E-state index in [4.69, 9.17) is 0 Å². The maximum atomic E-state index is 12.0. The third-order valence-electron chi connectivity index (χ3n) is 2.97. The highest BCUT2D eigenvalue weighted by atomic mass is 32.2. The summed E-state index contributed by atoms with van der Waals surface area (Å²) in [7, 11) is 0. The molecule has 0 aliphatic heterocycles. The van der Waals surface area contributed by atoms with Crippen LogP contribution in [-0.4, -0.2) is 26.8 Å². The summed E-state index contributed by atoms with van der Waals surface area (Å²) < 4.78 is 0. The van der Waals surface area contributed by atoms with Gasteiger partial charge in [0, 0.05) is 5.69 Å². The molecule has 0 atom stereocenters. The third-order valence-corrected chi connectivity index (χ3v) is 4.69. The van der Waals surface area contributed by atoms with Gasteiger partial charge < -0.3 is 5.32 Å². The molecular formula is C15H14N4OS2. The van der Waals surface area contributed by atoms with E-state index in [0.717, 1.165) is 22.0 Å². The fourth-order valence-corrected chi connectivity index (χ4v) is 3.13. The molecule has 0 bridgehead atoms. The smallest absolute Gasteiger partial charge is 0.234 e. The van der Waals surface area contributed by atoms with Gasteiger partial charge in [0.15, 0.2) is 5.82 Å². The number of aromatic nitrogens is 3. The lowest BCUT2D eigenvalue weighted by atomic mass is 10.2. The summed E-state index contributed by atoms with van der Waals surface area (Å²) in [6.07, 6.45) is 0. The molecule has 2 N–H and O–H groups in total. The van der Waals surface area contributed by atoms with Crippen LogP contribution in [0.4, 0.5) is 5.69 Å². The zero-order valence-corrected chi connectivity index (χ0v) is 13.5. The van der Waals surface area contributed by atoms with Crippen molar-refractivity contribution in [1.29, 1.82) is 0 Å². The van der Waals surface area contributed by atoms with Gasteiger partial charge in [-0.3, -0.25) is 9.89 Å². The van der Waals surface area contributed by atoms with E-state index in [9.17, 15) is 4.79 Å². The summed E-state index contributed by atoms with van der Waals surface area (Å²) in [4.78, 5) is 17.4. The van der Waals surface area contributed by atoms with E-state index in [0.29, 0.717) is 5.16 Å². The molecule has 7 heteroatoms. The molecule has 5 nitrogen and oxygen atoms in total. The minimum absolute atomic E-state index is 0.0678. The molecular weight excluding hydrogens is 316 g/mol. The Morgan fingerprint density at radius 2 is 2.18 bits per heavy atom. The van der Waals surface area contributed by atoms with Crippen LogP contribution in [-0.2, 0) is 4.79 Å². The van der Waals surface area contributed by atoms with Gasteiger partial charge >= 0.3 is 0 Å². The van der Waals surface area contributed by atoms with Crippen LogP contribution >= 0.6 is 23.1 Å². The number of para-hydroxylation sites is 1. The van der Waals surface area contributed by atoms with Crippen LogP contribution in [0.15, 0.2) is 46.9 Å². The zero-order valence-electron chi connectivity index (χ0n) is 11.9. The molecule has 0 fully saturated rings. The Morgan fingerprint density at radius 1 is 1.32 bits per heavy atom. The summed E-state index contributed by atoms with van der Waals surface area (Å²) in [5.74, 6) is 0.939. The molecule has 112 valence electrons. The average molecular weight is 330 g/mol. The fourth-order valence-electron chi connectivity index (χ4n) is 1.86. The highest BCUT2D eigenvalue weighted by Crippen LogP contribution is 2.23. The van der Waals surface area contributed by atoms with Crippen LogP contribution < -0.4 is 5.32 Å². The van der Waals surface area contributed by atoms with Crippen molar-refractivity contribution < 1.29 is 4.79 Å². The largest absolute Gasteiger partial charge is 0.325 e. The Bertz CT molecular complexity index is 767. The second-order valence-electron chi connectivity index (χ2n) is 4.60. The molecule has 0 radical (unpaired) electrons. The number of carbonyl (C=O) groups is 1. The average Bonchev–Trinajstić information content (AvgIpc) is 3.18. The van der Waals surface area contributed by atoms with Gasteiger partial charge in [-0.1, -0.05) is 36.0 Å². The van der Waals surface area contributed by atoms with E-state index in [1.807, 2.05) is 48.7 Å². The van der Waals surface area contributed by atoms with Crippen LogP contribution in [0.5, 0.6) is 0 Å². The van der Waals surface area contributed by atoms with Crippen LogP contribution in [0.1, 0.15) is 5.56 Å². The normalized spacial score (nSPS) is 10.6. The standard InChI is InChI=1S/C15H14N4OS2/c1-10-5-2-3-6-11(10)16-13(20)9-22-15-17-14(18-19-15)12-7-4-8-21-12/h2-8H,9H2,1H3,(H,16,20)(H,17,18,19). The fraction of sp³-hybridized carbons (Fsp3) is 0.133. The number of aromatic amines is 1. The van der Waals surface area contributed by atoms with Crippen LogP contribution in [0.25, 0.3) is 10.7 Å². The molecule has 1 amide bonds. The lowest BCUT2D eigenvalue weighted by Gasteiger charge is -2.06. The number of benzene rings is 1. The first-order chi connectivity index (χ1) is 10.7. The van der Waals surface area contributed by atoms with Crippen molar-refractivity contribution in [2.45, 2.75) is 12.1 Å². The number of rotatable bonds is 5. The monoisotopic (exact) mass is 330 g/mol. The van der Waals surface area contributed by atoms with Crippen molar-refractivity contribution in [2.75, 3.05) is 11.1 Å². The predicted molar refractivity (Wildman–Crippen MR) is 90.2 cm³/mol. The maximum absolute atomic E-state index is 12.0. The number of carbonyl (C=O) groups excluding carboxylic acids is 1. The molecule has 2 aromatic heterocycles. The molecule has 0 saturated carbocycles. The van der Waals surface area contributed by atoms with Crippen molar-refractivity contribution in [1.82, 2.24) is 15.2 Å². The van der Waals surface area contributed by atoms with Crippen molar-refractivity contribution in [3.05, 3.63) is 47.3 Å². The van der Waals surface area contributed by atoms with E-state index >= 15 is 0 Å². The molecule has 0 aliphatic rings. The number of thiophene rings is 1. The molecule has 0 spiro atoms. The highest BCUT2D eigenvalue weighted by Gasteiger charge is 2.10. The van der Waals surface area contributed by atoms with E-state index in [1.165, 1.54) is 11.8 Å². The zero-order chi connectivity index (χ0) is 15.4. The van der Waals surface area contributed by atoms with E-state index < -0.39 is 0 Å². The summed E-state index contributed by atoms with van der Waals surface area (Å²) in [6.45, 7) is 1.96. The first kappa shape index (κ1) is 14.8. The number of nitrogens with one attached hydrogen (secondary N) is 2. The van der Waals surface area contributed by atoms with Crippen LogP contribution in [0.2, 0.25) is 0 Å². The second kappa shape index (κ2) is 6.76.